The number of aromatic carboxylic acids is 1. The number of carbonyl (C=O) groups is 2. The summed E-state index contributed by atoms with van der Waals surface area (Å²) in [4.78, 5) is 31.3. The van der Waals surface area contributed by atoms with Crippen molar-refractivity contribution in [3.05, 3.63) is 100 Å². The summed E-state index contributed by atoms with van der Waals surface area (Å²) in [5.41, 5.74) is 6.16. The fraction of sp³-hybridized carbons (Fsp3) is 0.219. The van der Waals surface area contributed by atoms with Gasteiger partial charge in [0.2, 0.25) is 5.91 Å². The van der Waals surface area contributed by atoms with E-state index >= 15 is 0 Å². The molecule has 6 rings (SSSR count). The van der Waals surface area contributed by atoms with Crippen LogP contribution in [0.3, 0.4) is 0 Å². The highest BCUT2D eigenvalue weighted by Gasteiger charge is 2.66. The Labute approximate surface area is 231 Å². The number of pyridine rings is 1. The van der Waals surface area contributed by atoms with Gasteiger partial charge in [-0.05, 0) is 64.4 Å². The summed E-state index contributed by atoms with van der Waals surface area (Å²) in [6.07, 6.45) is 3.66. The first kappa shape index (κ1) is 25.1. The lowest BCUT2D eigenvalue weighted by Gasteiger charge is -2.15. The maximum Gasteiger partial charge on any atom is 0.335 e. The van der Waals surface area contributed by atoms with Crippen LogP contribution in [-0.2, 0) is 10.2 Å². The van der Waals surface area contributed by atoms with E-state index in [4.69, 9.17) is 11.6 Å². The van der Waals surface area contributed by atoms with Gasteiger partial charge in [0.1, 0.15) is 5.75 Å². The van der Waals surface area contributed by atoms with Crippen molar-refractivity contribution in [2.45, 2.75) is 37.5 Å². The molecule has 7 heteroatoms. The van der Waals surface area contributed by atoms with Gasteiger partial charge in [-0.15, -0.1) is 0 Å². The predicted molar refractivity (Wildman–Crippen MR) is 152 cm³/mol. The molecule has 0 saturated heterocycles. The summed E-state index contributed by atoms with van der Waals surface area (Å²) in [7, 11) is 1.77. The van der Waals surface area contributed by atoms with E-state index in [0.29, 0.717) is 22.6 Å². The lowest BCUT2D eigenvalue weighted by atomic mass is 9.88. The smallest absolute Gasteiger partial charge is 0.335 e. The summed E-state index contributed by atoms with van der Waals surface area (Å²) in [5.74, 6) is -0.875. The number of hydrogen-bond acceptors (Lipinski definition) is 4. The van der Waals surface area contributed by atoms with Crippen LogP contribution in [-0.4, -0.2) is 34.1 Å². The van der Waals surface area contributed by atoms with E-state index in [0.717, 1.165) is 39.1 Å². The summed E-state index contributed by atoms with van der Waals surface area (Å²) in [5, 5.41) is 20.6. The van der Waals surface area contributed by atoms with Crippen LogP contribution in [0.15, 0.2) is 73.1 Å². The molecule has 3 aromatic carbocycles. The molecular weight excluding hydrogens is 512 g/mol. The normalized spacial score (nSPS) is 19.6. The van der Waals surface area contributed by atoms with Gasteiger partial charge in [0.25, 0.3) is 0 Å². The van der Waals surface area contributed by atoms with Crippen molar-refractivity contribution >= 4 is 29.2 Å². The number of aromatic hydroxyl groups is 1. The van der Waals surface area contributed by atoms with Crippen LogP contribution < -0.4 is 4.90 Å². The molecule has 1 saturated carbocycles. The van der Waals surface area contributed by atoms with Crippen molar-refractivity contribution in [3.63, 3.8) is 0 Å². The second-order valence-electron chi connectivity index (χ2n) is 10.7. The molecule has 39 heavy (non-hydrogen) atoms. The molecular formula is C32H27ClN2O4. The predicted octanol–water partition coefficient (Wildman–Crippen LogP) is 7.00. The Bertz CT molecular complexity index is 1660. The van der Waals surface area contributed by atoms with E-state index in [-0.39, 0.29) is 23.5 Å². The molecule has 1 amide bonds. The Morgan fingerprint density at radius 2 is 1.74 bits per heavy atom. The van der Waals surface area contributed by atoms with Crippen LogP contribution in [0.5, 0.6) is 5.75 Å². The summed E-state index contributed by atoms with van der Waals surface area (Å²) < 4.78 is 0. The van der Waals surface area contributed by atoms with E-state index in [1.54, 1.807) is 30.3 Å². The zero-order valence-electron chi connectivity index (χ0n) is 21.8. The van der Waals surface area contributed by atoms with Crippen LogP contribution in [0.1, 0.15) is 59.2 Å². The average Bonchev–Trinajstić information content (AvgIpc) is 3.65. The number of amides is 1. The molecule has 2 atom stereocenters. The van der Waals surface area contributed by atoms with E-state index in [2.05, 4.69) is 4.98 Å². The molecule has 1 spiro atoms. The van der Waals surface area contributed by atoms with Crippen LogP contribution in [0, 0.1) is 0 Å². The number of fused-ring (bicyclic) bond motifs is 2. The molecule has 1 aliphatic heterocycles. The van der Waals surface area contributed by atoms with Gasteiger partial charge >= 0.3 is 5.97 Å². The minimum atomic E-state index is -0.955. The lowest BCUT2D eigenvalue weighted by molar-refractivity contribution is -0.120. The van der Waals surface area contributed by atoms with Crippen LogP contribution >= 0.6 is 11.6 Å². The van der Waals surface area contributed by atoms with Gasteiger partial charge in [0.15, 0.2) is 0 Å². The van der Waals surface area contributed by atoms with E-state index in [1.807, 2.05) is 62.4 Å². The van der Waals surface area contributed by atoms with Gasteiger partial charge < -0.3 is 15.1 Å². The fourth-order valence-corrected chi connectivity index (χ4v) is 6.35. The minimum Gasteiger partial charge on any atom is -0.506 e. The number of rotatable bonds is 5. The van der Waals surface area contributed by atoms with Gasteiger partial charge in [-0.3, -0.25) is 9.78 Å². The number of anilines is 1. The second-order valence-corrected chi connectivity index (χ2v) is 11.1. The third-order valence-electron chi connectivity index (χ3n) is 8.21. The number of carboxylic acids is 1. The summed E-state index contributed by atoms with van der Waals surface area (Å²) >= 11 is 6.76. The zero-order chi connectivity index (χ0) is 27.6. The quantitative estimate of drug-likeness (QED) is 0.285. The van der Waals surface area contributed by atoms with E-state index in [1.165, 1.54) is 6.20 Å². The van der Waals surface area contributed by atoms with Crippen LogP contribution in [0.25, 0.3) is 22.3 Å². The molecule has 4 aromatic rings. The number of hydrogen-bond donors (Lipinski definition) is 2. The molecule has 2 unspecified atom stereocenters. The molecule has 6 nitrogen and oxygen atoms in total. The number of aromatic nitrogens is 1. The standard InChI is InChI=1S/C32H27ClN2O4/c1-17(2)21-9-8-20(12-24(21)30(37)38)26-15-32(26)25-13-23(27(33)14-28(25)35(3)31(32)39)19-6-4-18(5-7-19)22-10-11-34-16-29(22)36/h4-14,16-17,26,36H,15H2,1-3H3,(H,37,38). The number of nitrogens with zero attached hydrogens (tertiary/aromatic N) is 2. The van der Waals surface area contributed by atoms with Gasteiger partial charge in [-0.2, -0.15) is 0 Å². The SMILES string of the molecule is CC(C)c1ccc(C2CC23C(=O)N(C)c2cc(Cl)c(-c4ccc(-c5ccncc5O)cc4)cc23)cc1C(=O)O. The number of carboxylic acid groups (broad SMARTS) is 1. The molecule has 2 heterocycles. The fourth-order valence-electron chi connectivity index (χ4n) is 6.08. The average molecular weight is 539 g/mol. The molecule has 2 N–H and O–H groups in total. The Kier molecular flexibility index (Phi) is 5.77. The monoisotopic (exact) mass is 538 g/mol. The van der Waals surface area contributed by atoms with Crippen molar-refractivity contribution in [1.82, 2.24) is 4.98 Å². The molecule has 196 valence electrons. The molecule has 0 radical (unpaired) electrons. The maximum atomic E-state index is 13.7. The number of halogens is 1. The maximum absolute atomic E-state index is 13.7. The molecule has 1 aliphatic carbocycles. The van der Waals surface area contributed by atoms with Crippen molar-refractivity contribution in [2.75, 3.05) is 11.9 Å². The topological polar surface area (TPSA) is 90.7 Å². The van der Waals surface area contributed by atoms with Gasteiger partial charge in [-0.25, -0.2) is 4.79 Å². The zero-order valence-corrected chi connectivity index (χ0v) is 22.5. The van der Waals surface area contributed by atoms with E-state index in [9.17, 15) is 19.8 Å². The highest BCUT2D eigenvalue weighted by atomic mass is 35.5. The minimum absolute atomic E-state index is 0.00374. The van der Waals surface area contributed by atoms with Gasteiger partial charge in [0.05, 0.1) is 22.2 Å². The molecule has 2 aliphatic rings. The third-order valence-corrected chi connectivity index (χ3v) is 8.53. The lowest BCUT2D eigenvalue weighted by Crippen LogP contribution is -2.29. The summed E-state index contributed by atoms with van der Waals surface area (Å²) in [6, 6.07) is 19.0. The first-order valence-electron chi connectivity index (χ1n) is 12.9. The first-order chi connectivity index (χ1) is 18.6. The van der Waals surface area contributed by atoms with Crippen molar-refractivity contribution in [1.29, 1.82) is 0 Å². The third kappa shape index (κ3) is 3.81. The van der Waals surface area contributed by atoms with Crippen molar-refractivity contribution in [3.8, 4) is 28.0 Å². The van der Waals surface area contributed by atoms with E-state index < -0.39 is 11.4 Å². The van der Waals surface area contributed by atoms with Crippen LogP contribution in [0.4, 0.5) is 5.69 Å². The Morgan fingerprint density at radius 1 is 1.05 bits per heavy atom. The molecule has 0 bridgehead atoms. The van der Waals surface area contributed by atoms with Crippen molar-refractivity contribution in [2.24, 2.45) is 0 Å². The Hall–Kier alpha value is -4.16. The molecule has 1 fully saturated rings. The number of carbonyl (C=O) groups excluding carboxylic acids is 1. The first-order valence-corrected chi connectivity index (χ1v) is 13.2. The number of likely N-dealkylation sites (N-methyl/N-ethyl adjacent to an activating group) is 1. The van der Waals surface area contributed by atoms with Crippen LogP contribution in [0.2, 0.25) is 5.02 Å². The Morgan fingerprint density at radius 3 is 2.38 bits per heavy atom. The Balaban J connectivity index is 1.40. The van der Waals surface area contributed by atoms with Gasteiger partial charge in [0, 0.05) is 36.0 Å². The highest BCUT2D eigenvalue weighted by molar-refractivity contribution is 6.34. The number of benzene rings is 3. The largest absolute Gasteiger partial charge is 0.506 e. The summed E-state index contributed by atoms with van der Waals surface area (Å²) in [6.45, 7) is 3.95. The van der Waals surface area contributed by atoms with Crippen molar-refractivity contribution < 1.29 is 19.8 Å². The highest BCUT2D eigenvalue weighted by Crippen LogP contribution is 2.67. The van der Waals surface area contributed by atoms with Gasteiger partial charge in [-0.1, -0.05) is 61.8 Å². The molecule has 1 aromatic heterocycles. The second kappa shape index (κ2) is 8.95.